The predicted molar refractivity (Wildman–Crippen MR) is 98.3 cm³/mol. The molecule has 2 atom stereocenters. The zero-order chi connectivity index (χ0) is 18.3. The number of likely N-dealkylation sites (tertiary alicyclic amines) is 1. The van der Waals surface area contributed by atoms with E-state index < -0.39 is 12.2 Å². The minimum atomic E-state index is -0.458. The molecule has 3 aliphatic heterocycles. The van der Waals surface area contributed by atoms with E-state index in [1.165, 1.54) is 11.3 Å². The number of rotatable bonds is 2. The Balaban J connectivity index is 1.70. The number of imide groups is 1. The predicted octanol–water partition coefficient (Wildman–Crippen LogP) is 1.56. The van der Waals surface area contributed by atoms with Crippen molar-refractivity contribution in [3.05, 3.63) is 35.9 Å². The van der Waals surface area contributed by atoms with E-state index in [4.69, 9.17) is 4.99 Å². The molecule has 0 radical (unpaired) electrons. The van der Waals surface area contributed by atoms with Gasteiger partial charge in [-0.25, -0.2) is 9.79 Å². The minimum absolute atomic E-state index is 0.176. The first-order chi connectivity index (χ1) is 12.6. The van der Waals surface area contributed by atoms with Crippen LogP contribution in [0.4, 0.5) is 4.79 Å². The largest absolute Gasteiger partial charge is 0.343 e. The molecule has 138 valence electrons. The Bertz CT molecular complexity index is 729. The number of amides is 3. The maximum Gasteiger partial charge on any atom is 0.328 e. The fraction of sp³-hybridized carbons (Fsp3) is 0.526. The molecular weight excluding hydrogens is 330 g/mol. The number of carbonyl (C=O) groups excluding carboxylic acids is 2. The molecule has 2 unspecified atom stereocenters. The lowest BCUT2D eigenvalue weighted by Crippen LogP contribution is -2.64. The molecule has 2 saturated heterocycles. The number of urea groups is 1. The molecule has 3 aliphatic rings. The molecule has 2 fully saturated rings. The summed E-state index contributed by atoms with van der Waals surface area (Å²) < 4.78 is 0. The van der Waals surface area contributed by atoms with Crippen molar-refractivity contribution in [2.45, 2.75) is 38.0 Å². The third-order valence-electron chi connectivity index (χ3n) is 5.53. The number of fused-ring (bicyclic) bond motifs is 1. The molecule has 0 spiro atoms. The number of benzene rings is 1. The summed E-state index contributed by atoms with van der Waals surface area (Å²) in [7, 11) is 3.28. The lowest BCUT2D eigenvalue weighted by molar-refractivity contribution is -0.136. The number of guanidine groups is 1. The van der Waals surface area contributed by atoms with Gasteiger partial charge in [-0.15, -0.1) is 0 Å². The fourth-order valence-corrected chi connectivity index (χ4v) is 4.06. The molecule has 1 aromatic rings. The topological polar surface area (TPSA) is 59.5 Å². The monoisotopic (exact) mass is 355 g/mol. The van der Waals surface area contributed by atoms with Crippen LogP contribution in [0.3, 0.4) is 0 Å². The maximum absolute atomic E-state index is 12.9. The summed E-state index contributed by atoms with van der Waals surface area (Å²) in [6, 6.07) is 9.37. The second kappa shape index (κ2) is 6.63. The van der Waals surface area contributed by atoms with E-state index in [2.05, 4.69) is 21.9 Å². The molecule has 0 bridgehead atoms. The lowest BCUT2D eigenvalue weighted by atomic mass is 10.1. The quantitative estimate of drug-likeness (QED) is 0.808. The molecule has 26 heavy (non-hydrogen) atoms. The van der Waals surface area contributed by atoms with E-state index in [1.807, 2.05) is 18.2 Å². The van der Waals surface area contributed by atoms with Crippen LogP contribution in [0.25, 0.3) is 0 Å². The zero-order valence-electron chi connectivity index (χ0n) is 15.3. The highest BCUT2D eigenvalue weighted by Crippen LogP contribution is 2.30. The van der Waals surface area contributed by atoms with Gasteiger partial charge in [-0.05, 0) is 24.8 Å². The number of likely N-dealkylation sites (N-methyl/N-ethyl adjacent to an activating group) is 2. The lowest BCUT2D eigenvalue weighted by Gasteiger charge is -2.41. The average Bonchev–Trinajstić information content (AvgIpc) is 3.05. The van der Waals surface area contributed by atoms with E-state index in [1.54, 1.807) is 19.0 Å². The number of piperidine rings is 1. The molecule has 0 N–H and O–H groups in total. The van der Waals surface area contributed by atoms with E-state index in [0.717, 1.165) is 37.5 Å². The minimum Gasteiger partial charge on any atom is -0.343 e. The Morgan fingerprint density at radius 3 is 2.42 bits per heavy atom. The van der Waals surface area contributed by atoms with Gasteiger partial charge in [0.1, 0.15) is 0 Å². The summed E-state index contributed by atoms with van der Waals surface area (Å²) in [4.78, 5) is 37.3. The normalized spacial score (nSPS) is 26.3. The highest BCUT2D eigenvalue weighted by molar-refractivity contribution is 6.03. The van der Waals surface area contributed by atoms with Gasteiger partial charge in [0.25, 0.3) is 5.91 Å². The van der Waals surface area contributed by atoms with Gasteiger partial charge in [0, 0.05) is 33.7 Å². The average molecular weight is 355 g/mol. The summed E-state index contributed by atoms with van der Waals surface area (Å²) >= 11 is 0. The van der Waals surface area contributed by atoms with Crippen LogP contribution in [0.15, 0.2) is 35.3 Å². The van der Waals surface area contributed by atoms with Crippen molar-refractivity contribution in [1.29, 1.82) is 0 Å². The number of aliphatic imine (C=N–C) groups is 1. The van der Waals surface area contributed by atoms with Crippen LogP contribution in [0.2, 0.25) is 0 Å². The molecule has 3 heterocycles. The number of nitrogens with zero attached hydrogens (tertiary/aromatic N) is 5. The Hall–Kier alpha value is -2.57. The van der Waals surface area contributed by atoms with Crippen LogP contribution < -0.4 is 0 Å². The number of hydrogen-bond donors (Lipinski definition) is 0. The van der Waals surface area contributed by atoms with Gasteiger partial charge in [-0.2, -0.15) is 0 Å². The summed E-state index contributed by atoms with van der Waals surface area (Å²) in [5, 5.41) is 0. The molecule has 7 heteroatoms. The first kappa shape index (κ1) is 16.9. The van der Waals surface area contributed by atoms with Crippen LogP contribution >= 0.6 is 0 Å². The molecule has 0 aromatic heterocycles. The van der Waals surface area contributed by atoms with Crippen LogP contribution in [0.5, 0.6) is 0 Å². The highest BCUT2D eigenvalue weighted by atomic mass is 16.2. The van der Waals surface area contributed by atoms with Crippen molar-refractivity contribution in [2.24, 2.45) is 4.99 Å². The van der Waals surface area contributed by atoms with Crippen molar-refractivity contribution in [3.63, 3.8) is 0 Å². The Labute approximate surface area is 153 Å². The first-order valence-electron chi connectivity index (χ1n) is 9.25. The van der Waals surface area contributed by atoms with Gasteiger partial charge in [0.05, 0.1) is 0 Å². The summed E-state index contributed by atoms with van der Waals surface area (Å²) in [5.74, 6) is 0.677. The van der Waals surface area contributed by atoms with Crippen molar-refractivity contribution in [2.75, 3.05) is 27.2 Å². The van der Waals surface area contributed by atoms with Crippen LogP contribution in [-0.2, 0) is 11.3 Å². The second-order valence-corrected chi connectivity index (χ2v) is 7.24. The standard InChI is InChI=1S/C19H25N5O2/c1-21-16-15(17(25)22(2)19(21)26)24(13-14-9-5-3-6-10-14)18(20-16)23-11-7-4-8-12-23/h3,5-6,9-10,15-16H,4,7-8,11-13H2,1-2H3. The van der Waals surface area contributed by atoms with E-state index in [9.17, 15) is 9.59 Å². The van der Waals surface area contributed by atoms with E-state index >= 15 is 0 Å². The number of carbonyl (C=O) groups is 2. The molecule has 4 rings (SSSR count). The van der Waals surface area contributed by atoms with Crippen molar-refractivity contribution < 1.29 is 9.59 Å². The zero-order valence-corrected chi connectivity index (χ0v) is 15.3. The summed E-state index contributed by atoms with van der Waals surface area (Å²) in [6.45, 7) is 2.51. The molecule has 1 aromatic carbocycles. The van der Waals surface area contributed by atoms with E-state index in [0.29, 0.717) is 6.54 Å². The van der Waals surface area contributed by atoms with Crippen LogP contribution in [-0.4, -0.2) is 76.9 Å². The van der Waals surface area contributed by atoms with Crippen molar-refractivity contribution in [1.82, 2.24) is 19.6 Å². The van der Waals surface area contributed by atoms with Gasteiger partial charge in [-0.3, -0.25) is 9.69 Å². The molecule has 0 aliphatic carbocycles. The third-order valence-corrected chi connectivity index (χ3v) is 5.53. The number of hydrogen-bond acceptors (Lipinski definition) is 5. The Morgan fingerprint density at radius 2 is 1.73 bits per heavy atom. The van der Waals surface area contributed by atoms with Crippen LogP contribution in [0.1, 0.15) is 24.8 Å². The maximum atomic E-state index is 12.9. The van der Waals surface area contributed by atoms with Crippen LogP contribution in [0, 0.1) is 0 Å². The molecule has 0 saturated carbocycles. The first-order valence-corrected chi connectivity index (χ1v) is 9.25. The SMILES string of the molecule is CN1C(=O)C2C(N=C(N3CCCCC3)N2Cc2ccccc2)N(C)C1=O. The third kappa shape index (κ3) is 2.71. The Morgan fingerprint density at radius 1 is 1.04 bits per heavy atom. The van der Waals surface area contributed by atoms with Crippen molar-refractivity contribution in [3.8, 4) is 0 Å². The molecular formula is C19H25N5O2. The van der Waals surface area contributed by atoms with Crippen molar-refractivity contribution >= 4 is 17.9 Å². The molecule has 7 nitrogen and oxygen atoms in total. The van der Waals surface area contributed by atoms with E-state index in [-0.39, 0.29) is 11.9 Å². The van der Waals surface area contributed by atoms with Gasteiger partial charge in [-0.1, -0.05) is 30.3 Å². The Kier molecular flexibility index (Phi) is 4.30. The second-order valence-electron chi connectivity index (χ2n) is 7.24. The smallest absolute Gasteiger partial charge is 0.328 e. The van der Waals surface area contributed by atoms with Gasteiger partial charge in [0.15, 0.2) is 18.2 Å². The van der Waals surface area contributed by atoms with Gasteiger partial charge in [0.2, 0.25) is 0 Å². The summed E-state index contributed by atoms with van der Waals surface area (Å²) in [5.41, 5.74) is 1.13. The molecule has 3 amide bonds. The van der Waals surface area contributed by atoms with Gasteiger partial charge < -0.3 is 14.7 Å². The highest BCUT2D eigenvalue weighted by Gasteiger charge is 2.51. The van der Waals surface area contributed by atoms with Gasteiger partial charge >= 0.3 is 6.03 Å². The summed E-state index contributed by atoms with van der Waals surface area (Å²) in [6.07, 6.45) is 3.05. The fourth-order valence-electron chi connectivity index (χ4n) is 4.06.